The molecule has 1 N–H and O–H groups in total. The van der Waals surface area contributed by atoms with Gasteiger partial charge in [0.15, 0.2) is 0 Å². The van der Waals surface area contributed by atoms with Gasteiger partial charge in [0.05, 0.1) is 5.56 Å². The molecular weight excluding hydrogens is 393 g/mol. The molecule has 7 heteroatoms. The smallest absolute Gasteiger partial charge is 0.356 e. The molecule has 1 heterocycles. The van der Waals surface area contributed by atoms with Crippen LogP contribution in [0.4, 0.5) is 13.2 Å². The van der Waals surface area contributed by atoms with Gasteiger partial charge >= 0.3 is 6.18 Å². The SMILES string of the molecule is Cc1ccc(CN2C(=O)CCC2CC(=O)NCCc2cccc(C(F)(F)F)c2)cc1. The minimum atomic E-state index is -4.38. The summed E-state index contributed by atoms with van der Waals surface area (Å²) in [7, 11) is 0. The normalized spacial score (nSPS) is 16.7. The van der Waals surface area contributed by atoms with Gasteiger partial charge in [0.25, 0.3) is 0 Å². The highest BCUT2D eigenvalue weighted by Crippen LogP contribution is 2.29. The third-order valence-corrected chi connectivity index (χ3v) is 5.34. The minimum Gasteiger partial charge on any atom is -0.356 e. The Morgan fingerprint density at radius 1 is 1.13 bits per heavy atom. The van der Waals surface area contributed by atoms with Crippen LogP contribution in [0, 0.1) is 6.92 Å². The van der Waals surface area contributed by atoms with E-state index in [1.54, 1.807) is 11.0 Å². The van der Waals surface area contributed by atoms with E-state index < -0.39 is 11.7 Å². The van der Waals surface area contributed by atoms with Crippen molar-refractivity contribution in [2.24, 2.45) is 0 Å². The number of hydrogen-bond donors (Lipinski definition) is 1. The Hall–Kier alpha value is -2.83. The number of halogens is 3. The molecule has 1 aliphatic heterocycles. The van der Waals surface area contributed by atoms with Crippen LogP contribution in [0.1, 0.15) is 41.5 Å². The second-order valence-electron chi connectivity index (χ2n) is 7.70. The van der Waals surface area contributed by atoms with Crippen molar-refractivity contribution < 1.29 is 22.8 Å². The zero-order chi connectivity index (χ0) is 21.7. The first-order valence-corrected chi connectivity index (χ1v) is 10.0. The van der Waals surface area contributed by atoms with E-state index in [1.165, 1.54) is 6.07 Å². The Bertz CT molecular complexity index is 894. The number of rotatable bonds is 7. The lowest BCUT2D eigenvalue weighted by Gasteiger charge is -2.24. The molecule has 1 fully saturated rings. The largest absolute Gasteiger partial charge is 0.416 e. The lowest BCUT2D eigenvalue weighted by molar-refractivity contribution is -0.137. The second kappa shape index (κ2) is 9.32. The van der Waals surface area contributed by atoms with E-state index in [-0.39, 0.29) is 30.8 Å². The van der Waals surface area contributed by atoms with Crippen molar-refractivity contribution in [3.05, 3.63) is 70.8 Å². The van der Waals surface area contributed by atoms with Crippen molar-refractivity contribution in [1.82, 2.24) is 10.2 Å². The van der Waals surface area contributed by atoms with E-state index in [9.17, 15) is 22.8 Å². The summed E-state index contributed by atoms with van der Waals surface area (Å²) in [4.78, 5) is 26.3. The van der Waals surface area contributed by atoms with E-state index in [2.05, 4.69) is 5.32 Å². The number of carbonyl (C=O) groups excluding carboxylic acids is 2. The van der Waals surface area contributed by atoms with Crippen molar-refractivity contribution in [3.8, 4) is 0 Å². The number of amides is 2. The van der Waals surface area contributed by atoms with Crippen molar-refractivity contribution in [2.45, 2.75) is 51.4 Å². The molecule has 0 spiro atoms. The topological polar surface area (TPSA) is 49.4 Å². The van der Waals surface area contributed by atoms with Crippen LogP contribution >= 0.6 is 0 Å². The summed E-state index contributed by atoms with van der Waals surface area (Å²) in [5, 5.41) is 2.76. The molecule has 1 saturated heterocycles. The Morgan fingerprint density at radius 3 is 2.57 bits per heavy atom. The highest BCUT2D eigenvalue weighted by molar-refractivity contribution is 5.82. The zero-order valence-electron chi connectivity index (χ0n) is 16.8. The van der Waals surface area contributed by atoms with Crippen molar-refractivity contribution >= 4 is 11.8 Å². The van der Waals surface area contributed by atoms with E-state index in [0.29, 0.717) is 31.4 Å². The number of nitrogens with one attached hydrogen (secondary N) is 1. The molecule has 0 bridgehead atoms. The predicted molar refractivity (Wildman–Crippen MR) is 108 cm³/mol. The number of aryl methyl sites for hydroxylation is 1. The Morgan fingerprint density at radius 2 is 1.87 bits per heavy atom. The standard InChI is InChI=1S/C23H25F3N2O2/c1-16-5-7-18(8-6-16)15-28-20(9-10-22(28)30)14-21(29)27-12-11-17-3-2-4-19(13-17)23(24,25)26/h2-8,13,20H,9-12,14-15H2,1H3,(H,27,29). The average molecular weight is 418 g/mol. The van der Waals surface area contributed by atoms with E-state index >= 15 is 0 Å². The Labute approximate surface area is 174 Å². The summed E-state index contributed by atoms with van der Waals surface area (Å²) in [6.07, 6.45) is -2.82. The third-order valence-electron chi connectivity index (χ3n) is 5.34. The maximum absolute atomic E-state index is 12.8. The van der Waals surface area contributed by atoms with E-state index in [0.717, 1.165) is 23.3 Å². The van der Waals surface area contributed by atoms with Gasteiger partial charge in [-0.25, -0.2) is 0 Å². The van der Waals surface area contributed by atoms with Gasteiger partial charge in [-0.2, -0.15) is 13.2 Å². The molecule has 0 radical (unpaired) electrons. The zero-order valence-corrected chi connectivity index (χ0v) is 16.8. The number of nitrogens with zero attached hydrogens (tertiary/aromatic N) is 1. The van der Waals surface area contributed by atoms with Crippen LogP contribution in [0.25, 0.3) is 0 Å². The monoisotopic (exact) mass is 418 g/mol. The molecule has 1 atom stereocenters. The quantitative estimate of drug-likeness (QED) is 0.731. The molecule has 2 amide bonds. The van der Waals surface area contributed by atoms with E-state index in [1.807, 2.05) is 31.2 Å². The molecule has 0 saturated carbocycles. The molecule has 2 aromatic carbocycles. The first-order valence-electron chi connectivity index (χ1n) is 10.0. The lowest BCUT2D eigenvalue weighted by Crippen LogP contribution is -2.37. The summed E-state index contributed by atoms with van der Waals surface area (Å²) >= 11 is 0. The molecule has 30 heavy (non-hydrogen) atoms. The van der Waals surface area contributed by atoms with Crippen molar-refractivity contribution in [1.29, 1.82) is 0 Å². The predicted octanol–water partition coefficient (Wildman–Crippen LogP) is 4.25. The maximum Gasteiger partial charge on any atom is 0.416 e. The molecule has 4 nitrogen and oxygen atoms in total. The van der Waals surface area contributed by atoms with Gasteiger partial charge in [0.2, 0.25) is 11.8 Å². The highest BCUT2D eigenvalue weighted by Gasteiger charge is 2.32. The van der Waals surface area contributed by atoms with Crippen LogP contribution < -0.4 is 5.32 Å². The third kappa shape index (κ3) is 5.84. The summed E-state index contributed by atoms with van der Waals surface area (Å²) in [6, 6.07) is 12.9. The molecule has 0 aromatic heterocycles. The number of hydrogen-bond acceptors (Lipinski definition) is 2. The number of alkyl halides is 3. The summed E-state index contributed by atoms with van der Waals surface area (Å²) < 4.78 is 38.4. The fourth-order valence-corrected chi connectivity index (χ4v) is 3.65. The van der Waals surface area contributed by atoms with Crippen molar-refractivity contribution in [3.63, 3.8) is 0 Å². The maximum atomic E-state index is 12.8. The Kier molecular flexibility index (Phi) is 6.80. The summed E-state index contributed by atoms with van der Waals surface area (Å²) in [5.41, 5.74) is 1.98. The van der Waals surface area contributed by atoms with Gasteiger partial charge in [-0.05, 0) is 37.0 Å². The second-order valence-corrected chi connectivity index (χ2v) is 7.70. The molecule has 1 aliphatic rings. The van der Waals surface area contributed by atoms with Gasteiger partial charge in [0.1, 0.15) is 0 Å². The molecular formula is C23H25F3N2O2. The first-order chi connectivity index (χ1) is 14.2. The number of carbonyl (C=O) groups is 2. The first kappa shape index (κ1) is 21.9. The van der Waals surface area contributed by atoms with Gasteiger partial charge in [-0.3, -0.25) is 9.59 Å². The van der Waals surface area contributed by atoms with Gasteiger partial charge in [0, 0.05) is 32.0 Å². The van der Waals surface area contributed by atoms with Crippen LogP contribution in [0.3, 0.4) is 0 Å². The number of likely N-dealkylation sites (tertiary alicyclic amines) is 1. The van der Waals surface area contributed by atoms with Crippen molar-refractivity contribution in [2.75, 3.05) is 6.54 Å². The molecule has 3 rings (SSSR count). The lowest BCUT2D eigenvalue weighted by atomic mass is 10.1. The van der Waals surface area contributed by atoms with E-state index in [4.69, 9.17) is 0 Å². The van der Waals surface area contributed by atoms with Gasteiger partial charge < -0.3 is 10.2 Å². The number of benzene rings is 2. The summed E-state index contributed by atoms with van der Waals surface area (Å²) in [5.74, 6) is -0.159. The molecule has 2 aromatic rings. The fraction of sp³-hybridized carbons (Fsp3) is 0.391. The minimum absolute atomic E-state index is 0.0392. The van der Waals surface area contributed by atoms with Gasteiger partial charge in [-0.15, -0.1) is 0 Å². The van der Waals surface area contributed by atoms with Crippen LogP contribution in [0.15, 0.2) is 48.5 Å². The van der Waals surface area contributed by atoms with Crippen LogP contribution in [0.5, 0.6) is 0 Å². The average Bonchev–Trinajstić information content (AvgIpc) is 3.02. The fourth-order valence-electron chi connectivity index (χ4n) is 3.65. The van der Waals surface area contributed by atoms with Gasteiger partial charge in [-0.1, -0.05) is 48.0 Å². The Balaban J connectivity index is 1.50. The van der Waals surface area contributed by atoms with Crippen LogP contribution in [-0.4, -0.2) is 29.3 Å². The molecule has 1 unspecified atom stereocenters. The van der Waals surface area contributed by atoms with Crippen LogP contribution in [0.2, 0.25) is 0 Å². The van der Waals surface area contributed by atoms with Crippen LogP contribution in [-0.2, 0) is 28.7 Å². The summed E-state index contributed by atoms with van der Waals surface area (Å²) in [6.45, 7) is 2.72. The molecule has 0 aliphatic carbocycles. The molecule has 160 valence electrons. The highest BCUT2D eigenvalue weighted by atomic mass is 19.4.